The predicted octanol–water partition coefficient (Wildman–Crippen LogP) is 5.54. The number of halogens is 2. The first-order chi connectivity index (χ1) is 9.62. The number of rotatable bonds is 3. The van der Waals surface area contributed by atoms with E-state index in [0.717, 1.165) is 0 Å². The minimum atomic E-state index is -1.81. The van der Waals surface area contributed by atoms with Gasteiger partial charge in [0.2, 0.25) is 0 Å². The van der Waals surface area contributed by atoms with Gasteiger partial charge in [-0.2, -0.15) is 0 Å². The molecular formula is C16H24Cl2N2Si. The summed E-state index contributed by atoms with van der Waals surface area (Å²) in [5.41, 5.74) is 12.3. The molecule has 1 heterocycles. The Hall–Kier alpha value is -0.693. The third kappa shape index (κ3) is 3.74. The molecule has 0 saturated carbocycles. The molecule has 1 rings (SSSR count). The Labute approximate surface area is 139 Å². The number of pyridine rings is 1. The zero-order valence-corrected chi connectivity index (χ0v) is 16.1. The molecular weight excluding hydrogens is 319 g/mol. The van der Waals surface area contributed by atoms with Crippen LogP contribution in [0.25, 0.3) is 0 Å². The molecule has 0 bridgehead atoms. The van der Waals surface area contributed by atoms with Crippen molar-refractivity contribution < 1.29 is 0 Å². The molecule has 0 aliphatic rings. The minimum Gasteiger partial charge on any atom is -0.398 e. The predicted molar refractivity (Wildman–Crippen MR) is 96.6 cm³/mol. The number of anilines is 1. The van der Waals surface area contributed by atoms with Gasteiger partial charge in [-0.25, -0.2) is 4.98 Å². The summed E-state index contributed by atoms with van der Waals surface area (Å²) in [4.78, 5) is 4.03. The molecule has 0 atom stereocenters. The molecule has 5 heteroatoms. The maximum Gasteiger partial charge on any atom is 0.148 e. The molecule has 0 unspecified atom stereocenters. The molecule has 2 N–H and O–H groups in total. The third-order valence-electron chi connectivity index (χ3n) is 4.24. The summed E-state index contributed by atoms with van der Waals surface area (Å²) >= 11 is 12.0. The minimum absolute atomic E-state index is 0.284. The fourth-order valence-corrected chi connectivity index (χ4v) is 8.93. The first-order valence-electron chi connectivity index (χ1n) is 7.27. The van der Waals surface area contributed by atoms with E-state index in [1.807, 2.05) is 0 Å². The molecule has 116 valence electrons. The van der Waals surface area contributed by atoms with Crippen LogP contribution in [0.4, 0.5) is 5.69 Å². The topological polar surface area (TPSA) is 38.9 Å². The molecule has 2 nitrogen and oxygen atoms in total. The van der Waals surface area contributed by atoms with E-state index >= 15 is 0 Å². The standard InChI is InChI=1S/C16H24Cl2N2Si/c1-10(2)21(11(3)4,12(5)6)8-7-13-14(19)9-15(17)20-16(13)18/h9-12H,1-6H3,(H2,19,20). The number of hydrogen-bond acceptors (Lipinski definition) is 2. The van der Waals surface area contributed by atoms with Crippen LogP contribution in [-0.4, -0.2) is 13.1 Å². The summed E-state index contributed by atoms with van der Waals surface area (Å²) in [6.07, 6.45) is 0. The lowest BCUT2D eigenvalue weighted by Gasteiger charge is -2.38. The van der Waals surface area contributed by atoms with E-state index in [9.17, 15) is 0 Å². The van der Waals surface area contributed by atoms with Crippen LogP contribution in [0.1, 0.15) is 47.1 Å². The van der Waals surface area contributed by atoms with Gasteiger partial charge < -0.3 is 5.73 Å². The van der Waals surface area contributed by atoms with Crippen molar-refractivity contribution in [3.05, 3.63) is 21.9 Å². The van der Waals surface area contributed by atoms with Gasteiger partial charge in [0, 0.05) is 0 Å². The molecule has 0 aromatic carbocycles. The number of hydrogen-bond donors (Lipinski definition) is 1. The van der Waals surface area contributed by atoms with Gasteiger partial charge in [0.15, 0.2) is 0 Å². The van der Waals surface area contributed by atoms with Gasteiger partial charge in [-0.1, -0.05) is 70.7 Å². The monoisotopic (exact) mass is 342 g/mol. The maximum atomic E-state index is 6.14. The molecule has 0 saturated heterocycles. The lowest BCUT2D eigenvalue weighted by atomic mass is 10.2. The molecule has 0 fully saturated rings. The van der Waals surface area contributed by atoms with Gasteiger partial charge in [0.05, 0.1) is 11.3 Å². The van der Waals surface area contributed by atoms with E-state index in [0.29, 0.717) is 33.0 Å². The Balaban J connectivity index is 3.43. The molecule has 1 aromatic heterocycles. The zero-order valence-electron chi connectivity index (χ0n) is 13.6. The molecule has 0 aliphatic carbocycles. The van der Waals surface area contributed by atoms with Crippen LogP contribution < -0.4 is 5.73 Å². The summed E-state index contributed by atoms with van der Waals surface area (Å²) < 4.78 is 0. The lowest BCUT2D eigenvalue weighted by molar-refractivity contribution is 0.838. The van der Waals surface area contributed by atoms with Crippen LogP contribution in [-0.2, 0) is 0 Å². The smallest absolute Gasteiger partial charge is 0.148 e. The van der Waals surface area contributed by atoms with Gasteiger partial charge in [-0.3, -0.25) is 0 Å². The van der Waals surface area contributed by atoms with Crippen molar-refractivity contribution in [3.63, 3.8) is 0 Å². The van der Waals surface area contributed by atoms with Crippen molar-refractivity contribution in [2.24, 2.45) is 0 Å². The van der Waals surface area contributed by atoms with Crippen molar-refractivity contribution in [2.75, 3.05) is 5.73 Å². The van der Waals surface area contributed by atoms with Crippen LogP contribution in [0.5, 0.6) is 0 Å². The lowest BCUT2D eigenvalue weighted by Crippen LogP contribution is -2.43. The van der Waals surface area contributed by atoms with Crippen LogP contribution >= 0.6 is 23.2 Å². The Morgan fingerprint density at radius 1 is 1.05 bits per heavy atom. The van der Waals surface area contributed by atoms with Crippen LogP contribution in [0.15, 0.2) is 6.07 Å². The van der Waals surface area contributed by atoms with Crippen molar-refractivity contribution in [3.8, 4) is 11.5 Å². The number of nitrogens with zero attached hydrogens (tertiary/aromatic N) is 1. The third-order valence-corrected chi connectivity index (χ3v) is 11.0. The number of aromatic nitrogens is 1. The van der Waals surface area contributed by atoms with E-state index in [1.54, 1.807) is 6.07 Å². The summed E-state index contributed by atoms with van der Waals surface area (Å²) in [5.74, 6) is 3.23. The highest BCUT2D eigenvalue weighted by atomic mass is 35.5. The van der Waals surface area contributed by atoms with E-state index in [2.05, 4.69) is 58.0 Å². The molecule has 21 heavy (non-hydrogen) atoms. The molecule has 1 aromatic rings. The van der Waals surface area contributed by atoms with E-state index in [-0.39, 0.29) is 5.15 Å². The van der Waals surface area contributed by atoms with E-state index in [4.69, 9.17) is 28.9 Å². The Morgan fingerprint density at radius 3 is 1.90 bits per heavy atom. The Bertz CT molecular complexity index is 527. The van der Waals surface area contributed by atoms with Crippen molar-refractivity contribution >= 4 is 37.0 Å². The quantitative estimate of drug-likeness (QED) is 0.444. The van der Waals surface area contributed by atoms with Gasteiger partial charge >= 0.3 is 0 Å². The van der Waals surface area contributed by atoms with Gasteiger partial charge in [0.25, 0.3) is 0 Å². The highest BCUT2D eigenvalue weighted by Crippen LogP contribution is 2.41. The zero-order chi connectivity index (χ0) is 16.4. The average Bonchev–Trinajstić information content (AvgIpc) is 2.30. The largest absolute Gasteiger partial charge is 0.398 e. The molecule has 0 aliphatic heterocycles. The second-order valence-corrected chi connectivity index (χ2v) is 12.7. The Morgan fingerprint density at radius 2 is 1.52 bits per heavy atom. The SMILES string of the molecule is CC(C)[Si](C#Cc1c(N)cc(Cl)nc1Cl)(C(C)C)C(C)C. The first kappa shape index (κ1) is 18.4. The second kappa shape index (κ2) is 7.04. The number of nitrogen functional groups attached to an aromatic ring is 1. The highest BCUT2D eigenvalue weighted by Gasteiger charge is 2.41. The van der Waals surface area contributed by atoms with Crippen LogP contribution in [0.2, 0.25) is 26.9 Å². The summed E-state index contributed by atoms with van der Waals surface area (Å²) in [5, 5.41) is 0.579. The van der Waals surface area contributed by atoms with E-state index < -0.39 is 8.07 Å². The maximum absolute atomic E-state index is 6.14. The molecule has 0 spiro atoms. The fourth-order valence-electron chi connectivity index (χ4n) is 3.23. The van der Waals surface area contributed by atoms with Gasteiger partial charge in [0.1, 0.15) is 18.4 Å². The highest BCUT2D eigenvalue weighted by molar-refractivity contribution is 6.90. The van der Waals surface area contributed by atoms with E-state index in [1.165, 1.54) is 0 Å². The van der Waals surface area contributed by atoms with Crippen molar-refractivity contribution in [1.82, 2.24) is 4.98 Å². The van der Waals surface area contributed by atoms with Gasteiger partial charge in [-0.05, 0) is 22.7 Å². The normalized spacial score (nSPS) is 12.0. The molecule has 0 amide bonds. The fraction of sp³-hybridized carbons (Fsp3) is 0.562. The summed E-state index contributed by atoms with van der Waals surface area (Å²) in [6.45, 7) is 13.6. The van der Waals surface area contributed by atoms with Crippen LogP contribution in [0.3, 0.4) is 0 Å². The number of nitrogens with two attached hydrogens (primary N) is 1. The summed E-state index contributed by atoms with van der Waals surface area (Å²) in [6, 6.07) is 1.60. The first-order valence-corrected chi connectivity index (χ1v) is 10.3. The Kier molecular flexibility index (Phi) is 6.16. The van der Waals surface area contributed by atoms with Crippen molar-refractivity contribution in [1.29, 1.82) is 0 Å². The van der Waals surface area contributed by atoms with Crippen LogP contribution in [0, 0.1) is 11.5 Å². The average molecular weight is 343 g/mol. The molecule has 0 radical (unpaired) electrons. The van der Waals surface area contributed by atoms with Gasteiger partial charge in [-0.15, -0.1) is 5.54 Å². The second-order valence-electron chi connectivity index (χ2n) is 6.35. The van der Waals surface area contributed by atoms with Crippen molar-refractivity contribution in [2.45, 2.75) is 58.2 Å². The summed E-state index contributed by atoms with van der Waals surface area (Å²) in [7, 11) is -1.81.